The Hall–Kier alpha value is -7.63. The van der Waals surface area contributed by atoms with Crippen LogP contribution in [0.15, 0.2) is 200 Å². The number of benzene rings is 7. The number of pyridine rings is 2. The summed E-state index contributed by atoms with van der Waals surface area (Å²) < 4.78 is 0. The van der Waals surface area contributed by atoms with Gasteiger partial charge in [-0.25, -0.2) is 15.0 Å². The van der Waals surface area contributed by atoms with Gasteiger partial charge in [-0.3, -0.25) is 9.97 Å². The fourth-order valence-electron chi connectivity index (χ4n) is 7.39. The monoisotopic (exact) mass is 715 g/mol. The van der Waals surface area contributed by atoms with Gasteiger partial charge in [0.1, 0.15) is 0 Å². The van der Waals surface area contributed by atoms with Crippen molar-refractivity contribution in [3.8, 4) is 78.7 Å². The molecule has 3 aromatic heterocycles. The molecule has 0 amide bonds. The highest BCUT2D eigenvalue weighted by Gasteiger charge is 2.16. The van der Waals surface area contributed by atoms with Crippen molar-refractivity contribution in [3.63, 3.8) is 0 Å². The molecule has 262 valence electrons. The molecule has 5 heteroatoms. The largest absolute Gasteiger partial charge is 0.256 e. The molecular weight excluding hydrogens is 683 g/mol. The van der Waals surface area contributed by atoms with Crippen LogP contribution in [0.4, 0.5) is 0 Å². The van der Waals surface area contributed by atoms with Crippen LogP contribution in [0.25, 0.3) is 100 Å². The second-order valence-corrected chi connectivity index (χ2v) is 13.8. The molecule has 0 bridgehead atoms. The van der Waals surface area contributed by atoms with E-state index >= 15 is 0 Å². The molecule has 7 aromatic carbocycles. The van der Waals surface area contributed by atoms with Crippen molar-refractivity contribution in [2.45, 2.75) is 0 Å². The fraction of sp³-hybridized carbons (Fsp3) is 0. The number of hydrogen-bond donors (Lipinski definition) is 0. The molecule has 0 atom stereocenters. The number of fused-ring (bicyclic) bond motifs is 2. The number of rotatable bonds is 7. The zero-order valence-corrected chi connectivity index (χ0v) is 30.3. The van der Waals surface area contributed by atoms with E-state index < -0.39 is 0 Å². The lowest BCUT2D eigenvalue weighted by Gasteiger charge is -2.13. The van der Waals surface area contributed by atoms with Crippen molar-refractivity contribution in [1.82, 2.24) is 24.9 Å². The second kappa shape index (κ2) is 14.3. The lowest BCUT2D eigenvalue weighted by molar-refractivity contribution is 1.07. The summed E-state index contributed by atoms with van der Waals surface area (Å²) in [5, 5.41) is 2.24. The number of para-hydroxylation sites is 2. The van der Waals surface area contributed by atoms with Crippen LogP contribution in [0, 0.1) is 0 Å². The molecular formula is C51H33N5. The van der Waals surface area contributed by atoms with Crippen LogP contribution in [-0.2, 0) is 0 Å². The van der Waals surface area contributed by atoms with Crippen molar-refractivity contribution in [2.75, 3.05) is 0 Å². The standard InChI is InChI=1S/C51H33N5/c1-3-11-40(12-4-1)49-54-50(41-13-5-2-6-14-41)56-51(55-49)44-32-42(34-21-25-36(26-22-34)45-19-7-15-38-17-9-29-52-47(38)45)31-43(33-44)35-23-27-37(28-24-35)46-20-8-16-39-18-10-30-53-48(39)46/h1-33H. The lowest BCUT2D eigenvalue weighted by atomic mass is 9.93. The van der Waals surface area contributed by atoms with E-state index in [4.69, 9.17) is 24.9 Å². The Labute approximate surface area is 324 Å². The Kier molecular flexibility index (Phi) is 8.43. The maximum Gasteiger partial charge on any atom is 0.164 e. The van der Waals surface area contributed by atoms with Crippen molar-refractivity contribution in [3.05, 3.63) is 200 Å². The van der Waals surface area contributed by atoms with E-state index in [2.05, 4.69) is 115 Å². The van der Waals surface area contributed by atoms with Gasteiger partial charge in [-0.1, -0.05) is 158 Å². The van der Waals surface area contributed by atoms with Gasteiger partial charge in [-0.15, -0.1) is 0 Å². The second-order valence-electron chi connectivity index (χ2n) is 13.8. The van der Waals surface area contributed by atoms with Gasteiger partial charge in [0.2, 0.25) is 0 Å². The first kappa shape index (κ1) is 33.0. The molecule has 0 aliphatic heterocycles. The minimum Gasteiger partial charge on any atom is -0.256 e. The third kappa shape index (κ3) is 6.37. The van der Waals surface area contributed by atoms with Gasteiger partial charge in [-0.05, 0) is 63.7 Å². The summed E-state index contributed by atoms with van der Waals surface area (Å²) in [6.07, 6.45) is 3.71. The first-order valence-corrected chi connectivity index (χ1v) is 18.7. The minimum absolute atomic E-state index is 0.609. The predicted molar refractivity (Wildman–Crippen MR) is 228 cm³/mol. The van der Waals surface area contributed by atoms with Crippen molar-refractivity contribution < 1.29 is 0 Å². The summed E-state index contributed by atoms with van der Waals surface area (Å²) in [5.41, 5.74) is 13.5. The third-order valence-corrected chi connectivity index (χ3v) is 10.2. The van der Waals surface area contributed by atoms with E-state index in [1.54, 1.807) is 0 Å². The zero-order chi connectivity index (χ0) is 37.3. The molecule has 10 aromatic rings. The highest BCUT2D eigenvalue weighted by Crippen LogP contribution is 2.36. The van der Waals surface area contributed by atoms with Crippen molar-refractivity contribution >= 4 is 21.8 Å². The Morgan fingerprint density at radius 3 is 1.07 bits per heavy atom. The average molecular weight is 716 g/mol. The van der Waals surface area contributed by atoms with E-state index in [9.17, 15) is 0 Å². The minimum atomic E-state index is 0.609. The SMILES string of the molecule is c1ccc(-c2nc(-c3ccccc3)nc(-c3cc(-c4ccc(-c5cccc6cccnc56)cc4)cc(-c4ccc(-c5cccc6cccnc56)cc4)c3)n2)cc1. The van der Waals surface area contributed by atoms with Crippen LogP contribution in [-0.4, -0.2) is 24.9 Å². The summed E-state index contributed by atoms with van der Waals surface area (Å²) in [7, 11) is 0. The number of nitrogens with zero attached hydrogens (tertiary/aromatic N) is 5. The van der Waals surface area contributed by atoms with Crippen molar-refractivity contribution in [1.29, 1.82) is 0 Å². The molecule has 5 nitrogen and oxygen atoms in total. The normalized spacial score (nSPS) is 11.2. The molecule has 0 N–H and O–H groups in total. The molecule has 10 rings (SSSR count). The summed E-state index contributed by atoms with van der Waals surface area (Å²) in [5.74, 6) is 1.86. The summed E-state index contributed by atoms with van der Waals surface area (Å²) >= 11 is 0. The van der Waals surface area contributed by atoms with E-state index in [0.29, 0.717) is 17.5 Å². The molecule has 0 saturated carbocycles. The van der Waals surface area contributed by atoms with Gasteiger partial charge >= 0.3 is 0 Å². The molecule has 0 radical (unpaired) electrons. The van der Waals surface area contributed by atoms with Crippen LogP contribution < -0.4 is 0 Å². The van der Waals surface area contributed by atoms with Gasteiger partial charge < -0.3 is 0 Å². The summed E-state index contributed by atoms with van der Waals surface area (Å²) in [6.45, 7) is 0. The molecule has 3 heterocycles. The van der Waals surface area contributed by atoms with Gasteiger partial charge in [0.05, 0.1) is 11.0 Å². The molecule has 0 saturated heterocycles. The fourth-order valence-corrected chi connectivity index (χ4v) is 7.39. The predicted octanol–water partition coefficient (Wildman–Crippen LogP) is 12.6. The molecule has 0 aliphatic carbocycles. The van der Waals surface area contributed by atoms with Gasteiger partial charge in [0.15, 0.2) is 17.5 Å². The Balaban J connectivity index is 1.12. The number of aromatic nitrogens is 5. The van der Waals surface area contributed by atoms with E-state index in [-0.39, 0.29) is 0 Å². The maximum absolute atomic E-state index is 5.10. The van der Waals surface area contributed by atoms with Crippen LogP contribution in [0.5, 0.6) is 0 Å². The topological polar surface area (TPSA) is 64.5 Å². The third-order valence-electron chi connectivity index (χ3n) is 10.2. The molecule has 56 heavy (non-hydrogen) atoms. The molecule has 0 fully saturated rings. The maximum atomic E-state index is 5.10. The molecule has 0 spiro atoms. The summed E-state index contributed by atoms with van der Waals surface area (Å²) in [6, 6.07) is 65.1. The Bertz CT molecular complexity index is 2790. The molecule has 0 unspecified atom stereocenters. The molecule has 0 aliphatic rings. The lowest BCUT2D eigenvalue weighted by Crippen LogP contribution is -2.00. The van der Waals surface area contributed by atoms with Gasteiger partial charge in [-0.2, -0.15) is 0 Å². The van der Waals surface area contributed by atoms with Crippen LogP contribution in [0.1, 0.15) is 0 Å². The van der Waals surface area contributed by atoms with Crippen LogP contribution in [0.2, 0.25) is 0 Å². The zero-order valence-electron chi connectivity index (χ0n) is 30.3. The number of hydrogen-bond acceptors (Lipinski definition) is 5. The average Bonchev–Trinajstić information content (AvgIpc) is 3.29. The van der Waals surface area contributed by atoms with E-state index in [1.165, 1.54) is 0 Å². The van der Waals surface area contributed by atoms with Gasteiger partial charge in [0, 0.05) is 51.0 Å². The highest BCUT2D eigenvalue weighted by atomic mass is 15.0. The highest BCUT2D eigenvalue weighted by molar-refractivity contribution is 5.95. The first-order chi connectivity index (χ1) is 27.7. The van der Waals surface area contributed by atoms with Crippen LogP contribution >= 0.6 is 0 Å². The quantitative estimate of drug-likeness (QED) is 0.164. The van der Waals surface area contributed by atoms with E-state index in [0.717, 1.165) is 83.0 Å². The van der Waals surface area contributed by atoms with Crippen molar-refractivity contribution in [2.24, 2.45) is 0 Å². The summed E-state index contributed by atoms with van der Waals surface area (Å²) in [4.78, 5) is 24.6. The smallest absolute Gasteiger partial charge is 0.164 e. The van der Waals surface area contributed by atoms with E-state index in [1.807, 2.05) is 85.2 Å². The Morgan fingerprint density at radius 1 is 0.250 bits per heavy atom. The van der Waals surface area contributed by atoms with Crippen LogP contribution in [0.3, 0.4) is 0 Å². The van der Waals surface area contributed by atoms with Gasteiger partial charge in [0.25, 0.3) is 0 Å². The Morgan fingerprint density at radius 2 is 0.625 bits per heavy atom. The first-order valence-electron chi connectivity index (χ1n) is 18.7.